The van der Waals surface area contributed by atoms with Gasteiger partial charge < -0.3 is 4.74 Å². The first-order chi connectivity index (χ1) is 11.0. The minimum Gasteiger partial charge on any atom is -0.492 e. The minimum atomic E-state index is 0.426. The van der Waals surface area contributed by atoms with Crippen molar-refractivity contribution in [3.8, 4) is 0 Å². The van der Waals surface area contributed by atoms with Crippen molar-refractivity contribution in [2.45, 2.75) is 27.4 Å². The SMILES string of the molecule is C=C/C=c1/ccc(CO/C(C)=C/C(C=C)=C(\C)C=C)n/c1=C/C. The fraction of sp³-hybridized carbons (Fsp3) is 0.190. The van der Waals surface area contributed by atoms with E-state index in [0.717, 1.165) is 33.2 Å². The fourth-order valence-electron chi connectivity index (χ4n) is 2.01. The Morgan fingerprint density at radius 1 is 1.17 bits per heavy atom. The van der Waals surface area contributed by atoms with Gasteiger partial charge in [-0.05, 0) is 49.3 Å². The van der Waals surface area contributed by atoms with Crippen molar-refractivity contribution in [3.05, 3.63) is 89.3 Å². The average molecular weight is 307 g/mol. The van der Waals surface area contributed by atoms with Gasteiger partial charge in [-0.25, -0.2) is 4.98 Å². The van der Waals surface area contributed by atoms with Crippen LogP contribution in [0.15, 0.2) is 73.1 Å². The Labute approximate surface area is 139 Å². The van der Waals surface area contributed by atoms with E-state index in [4.69, 9.17) is 4.74 Å². The van der Waals surface area contributed by atoms with E-state index in [1.807, 2.05) is 51.1 Å². The molecule has 0 N–H and O–H groups in total. The Morgan fingerprint density at radius 3 is 2.48 bits per heavy atom. The topological polar surface area (TPSA) is 22.1 Å². The Morgan fingerprint density at radius 2 is 1.91 bits per heavy atom. The highest BCUT2D eigenvalue weighted by Gasteiger charge is 1.99. The molecule has 0 aliphatic carbocycles. The number of hydrogen-bond acceptors (Lipinski definition) is 2. The summed E-state index contributed by atoms with van der Waals surface area (Å²) >= 11 is 0. The molecule has 1 rings (SSSR count). The van der Waals surface area contributed by atoms with Crippen molar-refractivity contribution in [1.29, 1.82) is 0 Å². The summed E-state index contributed by atoms with van der Waals surface area (Å²) in [6.07, 6.45) is 11.2. The summed E-state index contributed by atoms with van der Waals surface area (Å²) in [6, 6.07) is 3.99. The Bertz CT molecular complexity index is 764. The quantitative estimate of drug-likeness (QED) is 0.562. The number of allylic oxidation sites excluding steroid dienone is 7. The number of rotatable bonds is 7. The van der Waals surface area contributed by atoms with Crippen LogP contribution in [0.3, 0.4) is 0 Å². The van der Waals surface area contributed by atoms with Gasteiger partial charge in [-0.1, -0.05) is 56.2 Å². The van der Waals surface area contributed by atoms with E-state index >= 15 is 0 Å². The maximum atomic E-state index is 5.79. The van der Waals surface area contributed by atoms with Gasteiger partial charge in [-0.15, -0.1) is 0 Å². The molecular weight excluding hydrogens is 282 g/mol. The number of aromatic nitrogens is 1. The molecule has 0 aliphatic rings. The lowest BCUT2D eigenvalue weighted by atomic mass is 10.1. The van der Waals surface area contributed by atoms with Gasteiger partial charge in [-0.2, -0.15) is 0 Å². The first-order valence-corrected chi connectivity index (χ1v) is 7.57. The van der Waals surface area contributed by atoms with E-state index in [9.17, 15) is 0 Å². The summed E-state index contributed by atoms with van der Waals surface area (Å²) in [5, 5.41) is 1.99. The first kappa shape index (κ1) is 18.4. The Hall–Kier alpha value is -2.61. The van der Waals surface area contributed by atoms with Crippen molar-refractivity contribution in [2.75, 3.05) is 0 Å². The predicted octanol–water partition coefficient (Wildman–Crippen LogP) is 3.96. The zero-order valence-corrected chi connectivity index (χ0v) is 14.3. The molecule has 0 saturated heterocycles. The van der Waals surface area contributed by atoms with Crippen LogP contribution in [0, 0.1) is 0 Å². The van der Waals surface area contributed by atoms with E-state index in [1.165, 1.54) is 0 Å². The van der Waals surface area contributed by atoms with Gasteiger partial charge in [0, 0.05) is 0 Å². The normalized spacial score (nSPS) is 14.3. The summed E-state index contributed by atoms with van der Waals surface area (Å²) < 4.78 is 5.79. The standard InChI is InChI=1S/C21H25NO/c1-7-11-19-12-13-20(22-21(19)10-4)15-23-17(6)14-18(9-3)16(5)8-2/h7-14H,1-3,15H2,4-6H3/b17-14+,18-16+,19-11-,21-10+. The highest BCUT2D eigenvalue weighted by atomic mass is 16.5. The van der Waals surface area contributed by atoms with E-state index in [2.05, 4.69) is 24.7 Å². The predicted molar refractivity (Wildman–Crippen MR) is 99.9 cm³/mol. The van der Waals surface area contributed by atoms with Crippen LogP contribution in [-0.2, 0) is 11.3 Å². The molecule has 120 valence electrons. The first-order valence-electron chi connectivity index (χ1n) is 7.57. The third kappa shape index (κ3) is 5.59. The van der Waals surface area contributed by atoms with Gasteiger partial charge in [0.1, 0.15) is 6.61 Å². The molecule has 2 nitrogen and oxygen atoms in total. The van der Waals surface area contributed by atoms with Crippen molar-refractivity contribution >= 4 is 12.2 Å². The second kappa shape index (κ2) is 9.42. The fourth-order valence-corrected chi connectivity index (χ4v) is 2.01. The summed E-state index contributed by atoms with van der Waals surface area (Å²) in [4.78, 5) is 4.60. The van der Waals surface area contributed by atoms with Crippen molar-refractivity contribution in [3.63, 3.8) is 0 Å². The Kier molecular flexibility index (Phi) is 7.55. The lowest BCUT2D eigenvalue weighted by molar-refractivity contribution is 0.197. The molecule has 0 aromatic carbocycles. The van der Waals surface area contributed by atoms with Crippen LogP contribution in [0.5, 0.6) is 0 Å². The van der Waals surface area contributed by atoms with Crippen LogP contribution in [0.25, 0.3) is 12.2 Å². The average Bonchev–Trinajstić information content (AvgIpc) is 2.58. The third-order valence-electron chi connectivity index (χ3n) is 3.37. The van der Waals surface area contributed by atoms with Gasteiger partial charge in [-0.3, -0.25) is 0 Å². The number of nitrogens with zero attached hydrogens (tertiary/aromatic N) is 1. The van der Waals surface area contributed by atoms with Gasteiger partial charge in [0.05, 0.1) is 16.8 Å². The highest BCUT2D eigenvalue weighted by molar-refractivity contribution is 5.39. The smallest absolute Gasteiger partial charge is 0.130 e. The largest absolute Gasteiger partial charge is 0.492 e. The van der Waals surface area contributed by atoms with Gasteiger partial charge >= 0.3 is 0 Å². The van der Waals surface area contributed by atoms with Crippen molar-refractivity contribution in [1.82, 2.24) is 4.98 Å². The molecule has 0 unspecified atom stereocenters. The number of ether oxygens (including phenoxy) is 1. The lowest BCUT2D eigenvalue weighted by Gasteiger charge is -2.07. The number of pyridine rings is 1. The maximum Gasteiger partial charge on any atom is 0.130 e. The van der Waals surface area contributed by atoms with Gasteiger partial charge in [0.15, 0.2) is 0 Å². The third-order valence-corrected chi connectivity index (χ3v) is 3.37. The van der Waals surface area contributed by atoms with E-state index in [1.54, 1.807) is 18.2 Å². The second-order valence-electron chi connectivity index (χ2n) is 5.06. The van der Waals surface area contributed by atoms with Crippen LogP contribution in [0.2, 0.25) is 0 Å². The highest BCUT2D eigenvalue weighted by Crippen LogP contribution is 2.12. The van der Waals surface area contributed by atoms with Gasteiger partial charge in [0.25, 0.3) is 0 Å². The molecule has 23 heavy (non-hydrogen) atoms. The van der Waals surface area contributed by atoms with Crippen LogP contribution in [0.4, 0.5) is 0 Å². The molecule has 0 amide bonds. The molecule has 1 aromatic rings. The maximum absolute atomic E-state index is 5.79. The van der Waals surface area contributed by atoms with Crippen molar-refractivity contribution < 1.29 is 4.74 Å². The molecule has 0 saturated carbocycles. The molecule has 0 bridgehead atoms. The monoisotopic (exact) mass is 307 g/mol. The van der Waals surface area contributed by atoms with Gasteiger partial charge in [0.2, 0.25) is 0 Å². The number of hydrogen-bond donors (Lipinski definition) is 0. The summed E-state index contributed by atoms with van der Waals surface area (Å²) in [5.41, 5.74) is 2.95. The molecule has 1 aromatic heterocycles. The summed E-state index contributed by atoms with van der Waals surface area (Å²) in [7, 11) is 0. The van der Waals surface area contributed by atoms with Crippen molar-refractivity contribution in [2.24, 2.45) is 0 Å². The molecule has 0 radical (unpaired) electrons. The lowest BCUT2D eigenvalue weighted by Crippen LogP contribution is -2.28. The summed E-state index contributed by atoms with van der Waals surface area (Å²) in [6.45, 7) is 17.6. The zero-order chi connectivity index (χ0) is 17.2. The molecule has 0 fully saturated rings. The minimum absolute atomic E-state index is 0.426. The molecule has 0 aliphatic heterocycles. The van der Waals surface area contributed by atoms with Crippen LogP contribution in [0.1, 0.15) is 26.5 Å². The summed E-state index contributed by atoms with van der Waals surface area (Å²) in [5.74, 6) is 0.812. The molecule has 2 heteroatoms. The Balaban J connectivity index is 2.95. The van der Waals surface area contributed by atoms with E-state index in [0.29, 0.717) is 6.61 Å². The van der Waals surface area contributed by atoms with E-state index in [-0.39, 0.29) is 0 Å². The molecule has 0 spiro atoms. The molecule has 1 heterocycles. The van der Waals surface area contributed by atoms with Crippen LogP contribution in [-0.4, -0.2) is 4.98 Å². The second-order valence-corrected chi connectivity index (χ2v) is 5.06. The van der Waals surface area contributed by atoms with Crippen LogP contribution >= 0.6 is 0 Å². The van der Waals surface area contributed by atoms with Crippen LogP contribution < -0.4 is 10.6 Å². The molecular formula is C21H25NO. The van der Waals surface area contributed by atoms with E-state index < -0.39 is 0 Å². The zero-order valence-electron chi connectivity index (χ0n) is 14.3. The molecule has 0 atom stereocenters.